The molecule has 0 saturated carbocycles. The Kier molecular flexibility index (Phi) is 4.24. The Morgan fingerprint density at radius 2 is 2.00 bits per heavy atom. The average molecular weight is 263 g/mol. The summed E-state index contributed by atoms with van der Waals surface area (Å²) in [6.45, 7) is 9.47. The number of hydrogen-bond acceptors (Lipinski definition) is 4. The number of piperazine rings is 1. The number of ether oxygens (including phenoxy) is 1. The maximum absolute atomic E-state index is 11.6. The van der Waals surface area contributed by atoms with Crippen molar-refractivity contribution in [1.82, 2.24) is 9.88 Å². The highest BCUT2D eigenvalue weighted by atomic mass is 16.6. The monoisotopic (exact) mass is 263 g/mol. The molecule has 1 aliphatic heterocycles. The molecule has 2 heterocycles. The topological polar surface area (TPSA) is 45.7 Å². The van der Waals surface area contributed by atoms with Gasteiger partial charge in [-0.1, -0.05) is 0 Å². The normalized spacial score (nSPS) is 15.5. The van der Waals surface area contributed by atoms with Gasteiger partial charge in [-0.2, -0.15) is 0 Å². The number of anilines is 1. The van der Waals surface area contributed by atoms with Gasteiger partial charge in [0.2, 0.25) is 0 Å². The molecular weight excluding hydrogens is 242 g/mol. The lowest BCUT2D eigenvalue weighted by Crippen LogP contribution is -2.49. The number of nitrogens with zero attached hydrogens (tertiary/aromatic N) is 3. The van der Waals surface area contributed by atoms with Crippen molar-refractivity contribution in [2.75, 3.05) is 37.7 Å². The van der Waals surface area contributed by atoms with Crippen molar-refractivity contribution in [2.45, 2.75) is 20.8 Å². The molecule has 1 fully saturated rings. The summed E-state index contributed by atoms with van der Waals surface area (Å²) < 4.78 is 5.02. The van der Waals surface area contributed by atoms with Crippen LogP contribution >= 0.6 is 0 Å². The predicted molar refractivity (Wildman–Crippen MR) is 74.5 cm³/mol. The molecular formula is C14H21N3O2. The van der Waals surface area contributed by atoms with Gasteiger partial charge in [-0.05, 0) is 32.4 Å². The average Bonchev–Trinajstić information content (AvgIpc) is 2.42. The SMILES string of the molecule is CCOC(=O)N1CCN(c2ccnc(C)c2C)CC1. The first-order chi connectivity index (χ1) is 9.13. The van der Waals surface area contributed by atoms with Crippen LogP contribution in [0, 0.1) is 13.8 Å². The highest BCUT2D eigenvalue weighted by Gasteiger charge is 2.22. The Hall–Kier alpha value is -1.78. The Labute approximate surface area is 114 Å². The minimum absolute atomic E-state index is 0.204. The zero-order valence-electron chi connectivity index (χ0n) is 11.8. The standard InChI is InChI=1S/C14H21N3O2/c1-4-19-14(18)17-9-7-16(8-10-17)13-5-6-15-12(3)11(13)2/h5-6H,4,7-10H2,1-3H3. The second-order valence-corrected chi connectivity index (χ2v) is 4.71. The fourth-order valence-corrected chi connectivity index (χ4v) is 2.31. The summed E-state index contributed by atoms with van der Waals surface area (Å²) in [5.74, 6) is 0. The zero-order chi connectivity index (χ0) is 13.8. The maximum atomic E-state index is 11.6. The quantitative estimate of drug-likeness (QED) is 0.818. The second-order valence-electron chi connectivity index (χ2n) is 4.71. The summed E-state index contributed by atoms with van der Waals surface area (Å²) in [5, 5.41) is 0. The van der Waals surface area contributed by atoms with Crippen LogP contribution in [0.3, 0.4) is 0 Å². The van der Waals surface area contributed by atoms with E-state index < -0.39 is 0 Å². The molecule has 0 radical (unpaired) electrons. The Bertz CT molecular complexity index is 454. The van der Waals surface area contributed by atoms with Crippen molar-refractivity contribution in [3.8, 4) is 0 Å². The van der Waals surface area contributed by atoms with Crippen molar-refractivity contribution >= 4 is 11.8 Å². The van der Waals surface area contributed by atoms with Crippen molar-refractivity contribution in [3.05, 3.63) is 23.5 Å². The van der Waals surface area contributed by atoms with Crippen LogP contribution in [0.1, 0.15) is 18.2 Å². The van der Waals surface area contributed by atoms with Gasteiger partial charge in [-0.15, -0.1) is 0 Å². The number of hydrogen-bond donors (Lipinski definition) is 0. The molecule has 2 rings (SSSR count). The Morgan fingerprint density at radius 3 is 2.63 bits per heavy atom. The maximum Gasteiger partial charge on any atom is 0.409 e. The number of carbonyl (C=O) groups excluding carboxylic acids is 1. The van der Waals surface area contributed by atoms with Crippen LogP contribution in [-0.4, -0.2) is 48.8 Å². The first kappa shape index (κ1) is 13.6. The van der Waals surface area contributed by atoms with E-state index in [1.54, 1.807) is 4.90 Å². The highest BCUT2D eigenvalue weighted by Crippen LogP contribution is 2.22. The molecule has 104 valence electrons. The molecule has 5 nitrogen and oxygen atoms in total. The molecule has 1 aliphatic rings. The van der Waals surface area contributed by atoms with Crippen LogP contribution < -0.4 is 4.90 Å². The summed E-state index contributed by atoms with van der Waals surface area (Å²) in [4.78, 5) is 20.0. The lowest BCUT2D eigenvalue weighted by atomic mass is 10.1. The van der Waals surface area contributed by atoms with Gasteiger partial charge >= 0.3 is 6.09 Å². The third-order valence-electron chi connectivity index (χ3n) is 3.57. The van der Waals surface area contributed by atoms with Crippen LogP contribution in [-0.2, 0) is 4.74 Å². The van der Waals surface area contributed by atoms with E-state index >= 15 is 0 Å². The van der Waals surface area contributed by atoms with Crippen LogP contribution in [0.4, 0.5) is 10.5 Å². The zero-order valence-corrected chi connectivity index (χ0v) is 11.8. The molecule has 0 aliphatic carbocycles. The van der Waals surface area contributed by atoms with Gasteiger partial charge in [0.15, 0.2) is 0 Å². The molecule has 1 aromatic rings. The largest absolute Gasteiger partial charge is 0.450 e. The van der Waals surface area contributed by atoms with Gasteiger partial charge in [-0.25, -0.2) is 4.79 Å². The second kappa shape index (κ2) is 5.91. The summed E-state index contributed by atoms with van der Waals surface area (Å²) in [6.07, 6.45) is 1.64. The van der Waals surface area contributed by atoms with Crippen molar-refractivity contribution in [3.63, 3.8) is 0 Å². The molecule has 1 amide bonds. The third kappa shape index (κ3) is 2.97. The number of rotatable bonds is 2. The molecule has 19 heavy (non-hydrogen) atoms. The van der Waals surface area contributed by atoms with E-state index in [1.165, 1.54) is 11.3 Å². The smallest absolute Gasteiger partial charge is 0.409 e. The van der Waals surface area contributed by atoms with Gasteiger partial charge in [-0.3, -0.25) is 4.98 Å². The van der Waals surface area contributed by atoms with Gasteiger partial charge < -0.3 is 14.5 Å². The van der Waals surface area contributed by atoms with Crippen molar-refractivity contribution in [1.29, 1.82) is 0 Å². The third-order valence-corrected chi connectivity index (χ3v) is 3.57. The predicted octanol–water partition coefficient (Wildman–Crippen LogP) is 1.98. The van der Waals surface area contributed by atoms with Crippen LogP contribution in [0.2, 0.25) is 0 Å². The summed E-state index contributed by atoms with van der Waals surface area (Å²) >= 11 is 0. The summed E-state index contributed by atoms with van der Waals surface area (Å²) in [6, 6.07) is 2.04. The molecule has 0 atom stereocenters. The number of amides is 1. The van der Waals surface area contributed by atoms with E-state index in [2.05, 4.69) is 16.8 Å². The highest BCUT2D eigenvalue weighted by molar-refractivity contribution is 5.68. The van der Waals surface area contributed by atoms with Crippen molar-refractivity contribution < 1.29 is 9.53 Å². The molecule has 1 saturated heterocycles. The molecule has 5 heteroatoms. The first-order valence-electron chi connectivity index (χ1n) is 6.72. The van der Waals surface area contributed by atoms with E-state index in [-0.39, 0.29) is 6.09 Å². The Balaban J connectivity index is 2.00. The summed E-state index contributed by atoms with van der Waals surface area (Å²) in [5.41, 5.74) is 3.49. The van der Waals surface area contributed by atoms with E-state index in [1.807, 2.05) is 26.1 Å². The Morgan fingerprint density at radius 1 is 1.32 bits per heavy atom. The minimum Gasteiger partial charge on any atom is -0.450 e. The first-order valence-corrected chi connectivity index (χ1v) is 6.72. The number of carbonyl (C=O) groups is 1. The van der Waals surface area contributed by atoms with Crippen molar-refractivity contribution in [2.24, 2.45) is 0 Å². The molecule has 0 spiro atoms. The fourth-order valence-electron chi connectivity index (χ4n) is 2.31. The summed E-state index contributed by atoms with van der Waals surface area (Å²) in [7, 11) is 0. The van der Waals surface area contributed by atoms with E-state index in [0.717, 1.165) is 18.8 Å². The van der Waals surface area contributed by atoms with Gasteiger partial charge in [0.25, 0.3) is 0 Å². The lowest BCUT2D eigenvalue weighted by Gasteiger charge is -2.36. The molecule has 0 N–H and O–H groups in total. The van der Waals surface area contributed by atoms with E-state index in [4.69, 9.17) is 4.74 Å². The fraction of sp³-hybridized carbons (Fsp3) is 0.571. The van der Waals surface area contributed by atoms with Crippen LogP contribution in [0.15, 0.2) is 12.3 Å². The van der Waals surface area contributed by atoms with E-state index in [9.17, 15) is 4.79 Å². The van der Waals surface area contributed by atoms with Crippen LogP contribution in [0.25, 0.3) is 0 Å². The van der Waals surface area contributed by atoms with Gasteiger partial charge in [0.05, 0.1) is 6.61 Å². The number of pyridine rings is 1. The number of aromatic nitrogens is 1. The van der Waals surface area contributed by atoms with Gasteiger partial charge in [0, 0.05) is 43.8 Å². The van der Waals surface area contributed by atoms with Crippen LogP contribution in [0.5, 0.6) is 0 Å². The minimum atomic E-state index is -0.204. The van der Waals surface area contributed by atoms with Gasteiger partial charge in [0.1, 0.15) is 0 Å². The molecule has 0 unspecified atom stereocenters. The van der Waals surface area contributed by atoms with E-state index in [0.29, 0.717) is 19.7 Å². The molecule has 0 bridgehead atoms. The molecule has 0 aromatic carbocycles. The molecule has 1 aromatic heterocycles. The number of aryl methyl sites for hydroxylation is 1. The lowest BCUT2D eigenvalue weighted by molar-refractivity contribution is 0.105.